The summed E-state index contributed by atoms with van der Waals surface area (Å²) in [6, 6.07) is 7.32. The lowest BCUT2D eigenvalue weighted by atomic mass is 10.3. The summed E-state index contributed by atoms with van der Waals surface area (Å²) in [6.45, 7) is 1.45. The summed E-state index contributed by atoms with van der Waals surface area (Å²) in [7, 11) is 0. The molecule has 9 heteroatoms. The maximum atomic E-state index is 12.1. The predicted octanol–water partition coefficient (Wildman–Crippen LogP) is 2.48. The summed E-state index contributed by atoms with van der Waals surface area (Å²) >= 11 is 1.34. The second kappa shape index (κ2) is 8.11. The minimum absolute atomic E-state index is 0.127. The van der Waals surface area contributed by atoms with Crippen LogP contribution in [0.15, 0.2) is 29.4 Å². The van der Waals surface area contributed by atoms with Gasteiger partial charge in [0.2, 0.25) is 17.0 Å². The number of hydrogen-bond donors (Lipinski definition) is 2. The van der Waals surface area contributed by atoms with E-state index in [0.29, 0.717) is 22.6 Å². The van der Waals surface area contributed by atoms with Crippen molar-refractivity contribution in [2.24, 2.45) is 0 Å². The molecule has 1 aliphatic rings. The number of aromatic nitrogens is 4. The summed E-state index contributed by atoms with van der Waals surface area (Å²) in [4.78, 5) is 23.1. The Morgan fingerprint density at radius 2 is 1.80 bits per heavy atom. The molecular weight excluding hydrogens is 340 g/mol. The van der Waals surface area contributed by atoms with Crippen LogP contribution < -0.4 is 10.6 Å². The van der Waals surface area contributed by atoms with Gasteiger partial charge in [-0.1, -0.05) is 24.6 Å². The summed E-state index contributed by atoms with van der Waals surface area (Å²) < 4.78 is 1.84. The molecule has 0 saturated heterocycles. The van der Waals surface area contributed by atoms with Crippen molar-refractivity contribution >= 4 is 35.0 Å². The number of tetrazole rings is 1. The van der Waals surface area contributed by atoms with Crippen molar-refractivity contribution in [3.63, 3.8) is 0 Å². The molecular formula is C16H20N6O2S. The van der Waals surface area contributed by atoms with E-state index in [4.69, 9.17) is 0 Å². The van der Waals surface area contributed by atoms with Gasteiger partial charge in [0.25, 0.3) is 0 Å². The van der Waals surface area contributed by atoms with Crippen LogP contribution in [0.3, 0.4) is 0 Å². The van der Waals surface area contributed by atoms with Crippen LogP contribution in [-0.2, 0) is 9.59 Å². The lowest BCUT2D eigenvalue weighted by Crippen LogP contribution is -2.15. The minimum Gasteiger partial charge on any atom is -0.326 e. The topological polar surface area (TPSA) is 102 Å². The monoisotopic (exact) mass is 360 g/mol. The van der Waals surface area contributed by atoms with Crippen molar-refractivity contribution in [2.45, 2.75) is 43.8 Å². The Morgan fingerprint density at radius 3 is 2.44 bits per heavy atom. The van der Waals surface area contributed by atoms with Gasteiger partial charge < -0.3 is 10.6 Å². The first kappa shape index (κ1) is 17.4. The Labute approximate surface area is 149 Å². The van der Waals surface area contributed by atoms with E-state index in [-0.39, 0.29) is 17.6 Å². The lowest BCUT2D eigenvalue weighted by Gasteiger charge is -2.11. The molecule has 0 spiro atoms. The zero-order chi connectivity index (χ0) is 17.6. The fourth-order valence-corrected chi connectivity index (χ4v) is 3.57. The highest BCUT2D eigenvalue weighted by Gasteiger charge is 2.22. The van der Waals surface area contributed by atoms with Crippen molar-refractivity contribution in [3.8, 4) is 0 Å². The van der Waals surface area contributed by atoms with E-state index in [1.807, 2.05) is 4.68 Å². The Morgan fingerprint density at radius 1 is 1.16 bits per heavy atom. The minimum atomic E-state index is -0.131. The zero-order valence-electron chi connectivity index (χ0n) is 13.9. The molecule has 1 aromatic carbocycles. The average Bonchev–Trinajstić information content (AvgIpc) is 3.25. The highest BCUT2D eigenvalue weighted by molar-refractivity contribution is 7.99. The number of nitrogens with zero attached hydrogens (tertiary/aromatic N) is 4. The van der Waals surface area contributed by atoms with Crippen LogP contribution in [0.1, 0.15) is 38.6 Å². The van der Waals surface area contributed by atoms with Crippen LogP contribution >= 0.6 is 11.8 Å². The maximum absolute atomic E-state index is 12.1. The van der Waals surface area contributed by atoms with E-state index in [0.717, 1.165) is 12.8 Å². The van der Waals surface area contributed by atoms with Crippen molar-refractivity contribution in [1.29, 1.82) is 0 Å². The smallest absolute Gasteiger partial charge is 0.234 e. The molecule has 132 valence electrons. The van der Waals surface area contributed by atoms with Gasteiger partial charge in [-0.3, -0.25) is 9.59 Å². The molecule has 8 nitrogen and oxygen atoms in total. The number of benzene rings is 1. The number of nitrogens with one attached hydrogen (secondary N) is 2. The Hall–Kier alpha value is -2.42. The van der Waals surface area contributed by atoms with Crippen LogP contribution in [0.25, 0.3) is 0 Å². The molecule has 0 bridgehead atoms. The van der Waals surface area contributed by atoms with Gasteiger partial charge in [-0.2, -0.15) is 0 Å². The Bertz CT molecular complexity index is 739. The van der Waals surface area contributed by atoms with Crippen LogP contribution in [0.5, 0.6) is 0 Å². The molecule has 1 saturated carbocycles. The standard InChI is InChI=1S/C16H20N6O2S/c1-11(23)17-12-6-8-13(9-7-12)18-15(24)10-25-16-19-20-21-22(16)14-4-2-3-5-14/h6-9,14H,2-5,10H2,1H3,(H,17,23)(H,18,24). The maximum Gasteiger partial charge on any atom is 0.234 e. The number of thioether (sulfide) groups is 1. The van der Waals surface area contributed by atoms with Crippen LogP contribution in [-0.4, -0.2) is 37.8 Å². The van der Waals surface area contributed by atoms with Gasteiger partial charge in [-0.15, -0.1) is 5.10 Å². The van der Waals surface area contributed by atoms with E-state index in [9.17, 15) is 9.59 Å². The summed E-state index contributed by atoms with van der Waals surface area (Å²) in [5, 5.41) is 18.0. The van der Waals surface area contributed by atoms with Gasteiger partial charge in [-0.25, -0.2) is 4.68 Å². The SMILES string of the molecule is CC(=O)Nc1ccc(NC(=O)CSc2nnnn2C2CCCC2)cc1. The molecule has 0 unspecified atom stereocenters. The van der Waals surface area contributed by atoms with E-state index in [1.165, 1.54) is 31.5 Å². The van der Waals surface area contributed by atoms with E-state index in [1.54, 1.807) is 24.3 Å². The van der Waals surface area contributed by atoms with Gasteiger partial charge in [0.15, 0.2) is 0 Å². The molecule has 0 atom stereocenters. The largest absolute Gasteiger partial charge is 0.326 e. The summed E-state index contributed by atoms with van der Waals surface area (Å²) in [5.41, 5.74) is 1.37. The number of anilines is 2. The first-order chi connectivity index (χ1) is 12.1. The van der Waals surface area contributed by atoms with Crippen molar-refractivity contribution in [3.05, 3.63) is 24.3 Å². The molecule has 2 amide bonds. The third kappa shape index (κ3) is 4.79. The molecule has 0 aliphatic heterocycles. The van der Waals surface area contributed by atoms with E-state index >= 15 is 0 Å². The molecule has 1 heterocycles. The van der Waals surface area contributed by atoms with Gasteiger partial charge in [0.05, 0.1) is 11.8 Å². The second-order valence-corrected chi connectivity index (χ2v) is 6.88. The van der Waals surface area contributed by atoms with Crippen LogP contribution in [0.2, 0.25) is 0 Å². The fourth-order valence-electron chi connectivity index (χ4n) is 2.83. The van der Waals surface area contributed by atoms with Crippen molar-refractivity contribution in [2.75, 3.05) is 16.4 Å². The molecule has 3 rings (SSSR count). The normalized spacial score (nSPS) is 14.4. The number of amides is 2. The molecule has 25 heavy (non-hydrogen) atoms. The van der Waals surface area contributed by atoms with E-state index in [2.05, 4.69) is 26.2 Å². The summed E-state index contributed by atoms with van der Waals surface area (Å²) in [6.07, 6.45) is 4.57. The van der Waals surface area contributed by atoms with Crippen LogP contribution in [0, 0.1) is 0 Å². The molecule has 1 aliphatic carbocycles. The van der Waals surface area contributed by atoms with Crippen molar-refractivity contribution < 1.29 is 9.59 Å². The average molecular weight is 360 g/mol. The molecule has 2 N–H and O–H groups in total. The molecule has 1 fully saturated rings. The third-order valence-corrected chi connectivity index (χ3v) is 4.89. The molecule has 1 aromatic heterocycles. The highest BCUT2D eigenvalue weighted by Crippen LogP contribution is 2.31. The number of hydrogen-bond acceptors (Lipinski definition) is 6. The van der Waals surface area contributed by atoms with Crippen molar-refractivity contribution in [1.82, 2.24) is 20.2 Å². The number of carbonyl (C=O) groups excluding carboxylic acids is 2. The van der Waals surface area contributed by atoms with Gasteiger partial charge in [0, 0.05) is 18.3 Å². The highest BCUT2D eigenvalue weighted by atomic mass is 32.2. The van der Waals surface area contributed by atoms with Gasteiger partial charge >= 0.3 is 0 Å². The Kier molecular flexibility index (Phi) is 5.64. The number of rotatable bonds is 6. The number of carbonyl (C=O) groups is 2. The van der Waals surface area contributed by atoms with Gasteiger partial charge in [-0.05, 0) is 47.5 Å². The zero-order valence-corrected chi connectivity index (χ0v) is 14.8. The quantitative estimate of drug-likeness (QED) is 0.767. The van der Waals surface area contributed by atoms with E-state index < -0.39 is 0 Å². The summed E-state index contributed by atoms with van der Waals surface area (Å²) in [5.74, 6) is -0.0213. The van der Waals surface area contributed by atoms with Gasteiger partial charge in [0.1, 0.15) is 0 Å². The molecule has 0 radical (unpaired) electrons. The predicted molar refractivity (Wildman–Crippen MR) is 95.4 cm³/mol. The lowest BCUT2D eigenvalue weighted by molar-refractivity contribution is -0.114. The molecule has 2 aromatic rings. The Balaban J connectivity index is 1.51. The first-order valence-corrected chi connectivity index (χ1v) is 9.18. The fraction of sp³-hybridized carbons (Fsp3) is 0.438. The first-order valence-electron chi connectivity index (χ1n) is 8.20. The second-order valence-electron chi connectivity index (χ2n) is 5.94. The third-order valence-electron chi connectivity index (χ3n) is 3.95. The van der Waals surface area contributed by atoms with Crippen LogP contribution in [0.4, 0.5) is 11.4 Å².